The maximum Gasteiger partial charge on any atom is 0.0437 e. The van der Waals surface area contributed by atoms with E-state index < -0.39 is 0 Å². The van der Waals surface area contributed by atoms with Crippen molar-refractivity contribution < 1.29 is 0 Å². The zero-order valence-electron chi connectivity index (χ0n) is 16.8. The van der Waals surface area contributed by atoms with E-state index in [1.165, 1.54) is 39.2 Å². The molecule has 0 aromatic heterocycles. The Hall–Kier alpha value is -2.54. The molecule has 0 radical (unpaired) electrons. The van der Waals surface area contributed by atoms with Crippen molar-refractivity contribution in [1.29, 1.82) is 0 Å². The van der Waals surface area contributed by atoms with Crippen LogP contribution in [0.2, 0.25) is 0 Å². The van der Waals surface area contributed by atoms with Crippen molar-refractivity contribution in [3.8, 4) is 0 Å². The Labute approximate surface area is 158 Å². The predicted molar refractivity (Wildman–Crippen MR) is 114 cm³/mol. The van der Waals surface area contributed by atoms with E-state index in [-0.39, 0.29) is 5.41 Å². The number of benzene rings is 3. The van der Waals surface area contributed by atoms with Gasteiger partial charge in [0.15, 0.2) is 0 Å². The highest BCUT2D eigenvalue weighted by Gasteiger charge is 2.23. The van der Waals surface area contributed by atoms with Gasteiger partial charge in [-0.25, -0.2) is 0 Å². The normalized spacial score (nSPS) is 11.5. The molecule has 0 saturated carbocycles. The van der Waals surface area contributed by atoms with Crippen molar-refractivity contribution in [3.05, 3.63) is 94.5 Å². The highest BCUT2D eigenvalue weighted by Crippen LogP contribution is 2.34. The van der Waals surface area contributed by atoms with Gasteiger partial charge in [0.1, 0.15) is 0 Å². The van der Waals surface area contributed by atoms with Crippen LogP contribution in [0.5, 0.6) is 0 Å². The fourth-order valence-corrected chi connectivity index (χ4v) is 3.56. The monoisotopic (exact) mass is 343 g/mol. The lowest BCUT2D eigenvalue weighted by Crippen LogP contribution is -2.19. The first-order chi connectivity index (χ1) is 12.3. The predicted octanol–water partition coefficient (Wildman–Crippen LogP) is 6.71. The van der Waals surface area contributed by atoms with Gasteiger partial charge in [-0.15, -0.1) is 0 Å². The van der Waals surface area contributed by atoms with E-state index in [4.69, 9.17) is 0 Å². The molecule has 0 heterocycles. The summed E-state index contributed by atoms with van der Waals surface area (Å²) >= 11 is 0. The van der Waals surface area contributed by atoms with Gasteiger partial charge in [-0.1, -0.05) is 73.5 Å². The third-order valence-corrected chi connectivity index (χ3v) is 5.46. The van der Waals surface area contributed by atoms with Crippen molar-refractivity contribution in [3.63, 3.8) is 0 Å². The van der Waals surface area contributed by atoms with Gasteiger partial charge in [0.25, 0.3) is 0 Å². The maximum absolute atomic E-state index is 2.29. The van der Waals surface area contributed by atoms with Gasteiger partial charge in [0.2, 0.25) is 0 Å². The summed E-state index contributed by atoms with van der Waals surface area (Å²) in [4.78, 5) is 2.26. The molecule has 3 aromatic rings. The van der Waals surface area contributed by atoms with Crippen molar-refractivity contribution in [2.24, 2.45) is 0 Å². The average molecular weight is 344 g/mol. The number of hydrogen-bond acceptors (Lipinski definition) is 1. The molecule has 0 saturated heterocycles. The molecule has 134 valence electrons. The van der Waals surface area contributed by atoms with Crippen LogP contribution in [0, 0.1) is 20.8 Å². The first kappa shape index (κ1) is 18.3. The molecule has 0 aliphatic heterocycles. The minimum absolute atomic E-state index is 0.00935. The second-order valence-electron chi connectivity index (χ2n) is 7.89. The second kappa shape index (κ2) is 6.99. The van der Waals surface area contributed by atoms with Gasteiger partial charge in [-0.2, -0.15) is 0 Å². The average Bonchev–Trinajstić information content (AvgIpc) is 2.62. The molecule has 0 aliphatic carbocycles. The first-order valence-corrected chi connectivity index (χ1v) is 9.28. The second-order valence-corrected chi connectivity index (χ2v) is 7.89. The van der Waals surface area contributed by atoms with Crippen molar-refractivity contribution in [2.45, 2.75) is 40.0 Å². The number of hydrogen-bond donors (Lipinski definition) is 0. The first-order valence-electron chi connectivity index (χ1n) is 9.28. The molecule has 0 aliphatic rings. The Morgan fingerprint density at radius 3 is 1.69 bits per heavy atom. The zero-order valence-corrected chi connectivity index (χ0v) is 16.8. The van der Waals surface area contributed by atoms with E-state index in [1.54, 1.807) is 0 Å². The molecule has 0 amide bonds. The lowest BCUT2D eigenvalue weighted by molar-refractivity contribution is 0.640. The smallest absolute Gasteiger partial charge is 0.0437 e. The van der Waals surface area contributed by atoms with Crippen LogP contribution in [-0.2, 0) is 5.41 Å². The lowest BCUT2D eigenvalue weighted by atomic mass is 9.78. The van der Waals surface area contributed by atoms with Crippen LogP contribution in [0.25, 0.3) is 0 Å². The molecule has 3 rings (SSSR count). The van der Waals surface area contributed by atoms with E-state index in [9.17, 15) is 0 Å². The molecule has 0 bridgehead atoms. The minimum Gasteiger partial charge on any atom is -0.344 e. The van der Waals surface area contributed by atoms with Gasteiger partial charge in [-0.3, -0.25) is 0 Å². The topological polar surface area (TPSA) is 3.24 Å². The van der Waals surface area contributed by atoms with E-state index >= 15 is 0 Å². The number of anilines is 2. The summed E-state index contributed by atoms with van der Waals surface area (Å²) in [6.07, 6.45) is 0. The molecule has 1 nitrogen and oxygen atoms in total. The van der Waals surface area contributed by atoms with Crippen molar-refractivity contribution in [1.82, 2.24) is 0 Å². The van der Waals surface area contributed by atoms with Crippen LogP contribution < -0.4 is 4.90 Å². The summed E-state index contributed by atoms with van der Waals surface area (Å²) in [6.45, 7) is 11.0. The van der Waals surface area contributed by atoms with E-state index in [1.807, 2.05) is 0 Å². The molecule has 0 N–H and O–H groups in total. The molecule has 26 heavy (non-hydrogen) atoms. The highest BCUT2D eigenvalue weighted by atomic mass is 15.1. The molecule has 0 spiro atoms. The Kier molecular flexibility index (Phi) is 4.91. The van der Waals surface area contributed by atoms with Gasteiger partial charge in [-0.05, 0) is 55.7 Å². The third kappa shape index (κ3) is 3.53. The summed E-state index contributed by atoms with van der Waals surface area (Å²) in [5.74, 6) is 0. The third-order valence-electron chi connectivity index (χ3n) is 5.46. The van der Waals surface area contributed by atoms with Gasteiger partial charge in [0.05, 0.1) is 0 Å². The molecular weight excluding hydrogens is 314 g/mol. The van der Waals surface area contributed by atoms with Crippen LogP contribution >= 0.6 is 0 Å². The van der Waals surface area contributed by atoms with E-state index in [0.717, 1.165) is 0 Å². The number of aryl methyl sites for hydroxylation is 3. The summed E-state index contributed by atoms with van der Waals surface area (Å²) < 4.78 is 0. The van der Waals surface area contributed by atoms with Crippen molar-refractivity contribution >= 4 is 11.4 Å². The Bertz CT molecular complexity index is 886. The highest BCUT2D eigenvalue weighted by molar-refractivity contribution is 5.66. The zero-order chi connectivity index (χ0) is 18.9. The van der Waals surface area contributed by atoms with Crippen LogP contribution in [0.15, 0.2) is 66.7 Å². The number of rotatable bonds is 4. The number of nitrogens with zero attached hydrogens (tertiary/aromatic N) is 1. The summed E-state index contributed by atoms with van der Waals surface area (Å²) in [5.41, 5.74) is 9.03. The Morgan fingerprint density at radius 1 is 0.654 bits per heavy atom. The summed E-state index contributed by atoms with van der Waals surface area (Å²) in [7, 11) is 2.14. The van der Waals surface area contributed by atoms with Gasteiger partial charge < -0.3 is 4.90 Å². The molecule has 1 heteroatoms. The SMILES string of the molecule is Cc1ccc(C(C)(C)c2ccc(N(C)c3ccc(C)cc3C)cc2)cc1. The minimum atomic E-state index is -0.00935. The van der Waals surface area contributed by atoms with Crippen LogP contribution in [0.4, 0.5) is 11.4 Å². The van der Waals surface area contributed by atoms with Crippen LogP contribution in [0.3, 0.4) is 0 Å². The van der Waals surface area contributed by atoms with Gasteiger partial charge in [0, 0.05) is 23.8 Å². The Morgan fingerprint density at radius 2 is 1.15 bits per heavy atom. The molecule has 0 unspecified atom stereocenters. The molecule has 0 atom stereocenters. The van der Waals surface area contributed by atoms with E-state index in [2.05, 4.69) is 113 Å². The van der Waals surface area contributed by atoms with Crippen LogP contribution in [-0.4, -0.2) is 7.05 Å². The lowest BCUT2D eigenvalue weighted by Gasteiger charge is -2.28. The maximum atomic E-state index is 2.29. The summed E-state index contributed by atoms with van der Waals surface area (Å²) in [5, 5.41) is 0. The van der Waals surface area contributed by atoms with Gasteiger partial charge >= 0.3 is 0 Å². The van der Waals surface area contributed by atoms with Crippen molar-refractivity contribution in [2.75, 3.05) is 11.9 Å². The van der Waals surface area contributed by atoms with Crippen LogP contribution in [0.1, 0.15) is 41.7 Å². The fraction of sp³-hybridized carbons (Fsp3) is 0.280. The molecule has 3 aromatic carbocycles. The largest absolute Gasteiger partial charge is 0.344 e. The molecular formula is C25H29N. The summed E-state index contributed by atoms with van der Waals surface area (Å²) in [6, 6.07) is 24.5. The molecule has 0 fully saturated rings. The standard InChI is InChI=1S/C25H29N/c1-18-7-10-21(11-8-18)25(4,5)22-12-14-23(15-13-22)26(6)24-16-9-19(2)17-20(24)3/h7-17H,1-6H3. The Balaban J connectivity index is 1.89. The quantitative estimate of drug-likeness (QED) is 0.509. The van der Waals surface area contributed by atoms with E-state index in [0.29, 0.717) is 0 Å². The fourth-order valence-electron chi connectivity index (χ4n) is 3.56.